The molecule has 0 aliphatic rings. The molecule has 16 heavy (non-hydrogen) atoms. The minimum atomic E-state index is 0.330. The topological polar surface area (TPSA) is 30.5 Å². The van der Waals surface area contributed by atoms with Gasteiger partial charge < -0.3 is 14.8 Å². The van der Waals surface area contributed by atoms with E-state index >= 15 is 0 Å². The average Bonchev–Trinajstić information content (AvgIpc) is 2.34. The third-order valence-corrected chi connectivity index (χ3v) is 2.45. The molecular formula is C13H19NO2. The second kappa shape index (κ2) is 6.18. The number of nitrogens with one attached hydrogen (secondary N) is 1. The molecule has 0 aliphatic heterocycles. The van der Waals surface area contributed by atoms with E-state index in [0.29, 0.717) is 6.04 Å². The molecule has 1 aromatic carbocycles. The number of benzene rings is 1. The standard InChI is InChI=1S/C13H19NO2/c1-10(14-2)8-9-11-6-5-7-12(15-3)13(11)16-4/h5-10,14H,1-4H3/b9-8+. The number of rotatable bonds is 5. The van der Waals surface area contributed by atoms with Crippen molar-refractivity contribution in [3.63, 3.8) is 0 Å². The largest absolute Gasteiger partial charge is 0.493 e. The van der Waals surface area contributed by atoms with Crippen LogP contribution >= 0.6 is 0 Å². The van der Waals surface area contributed by atoms with Crippen LogP contribution in [-0.4, -0.2) is 27.3 Å². The maximum Gasteiger partial charge on any atom is 0.167 e. The second-order valence-electron chi connectivity index (χ2n) is 3.52. The summed E-state index contributed by atoms with van der Waals surface area (Å²) in [7, 11) is 5.22. The van der Waals surface area contributed by atoms with E-state index in [1.54, 1.807) is 14.2 Å². The van der Waals surface area contributed by atoms with Crippen LogP contribution in [0.5, 0.6) is 11.5 Å². The molecule has 0 saturated heterocycles. The summed E-state index contributed by atoms with van der Waals surface area (Å²) in [5.74, 6) is 1.52. The van der Waals surface area contributed by atoms with Crippen LogP contribution in [0.15, 0.2) is 24.3 Å². The molecule has 0 spiro atoms. The van der Waals surface area contributed by atoms with E-state index in [0.717, 1.165) is 17.1 Å². The fraction of sp³-hybridized carbons (Fsp3) is 0.385. The quantitative estimate of drug-likeness (QED) is 0.827. The second-order valence-corrected chi connectivity index (χ2v) is 3.52. The van der Waals surface area contributed by atoms with Crippen molar-refractivity contribution in [1.82, 2.24) is 5.32 Å². The summed E-state index contributed by atoms with van der Waals surface area (Å²) < 4.78 is 10.6. The number of likely N-dealkylation sites (N-methyl/N-ethyl adjacent to an activating group) is 1. The monoisotopic (exact) mass is 221 g/mol. The Morgan fingerprint density at radius 1 is 1.25 bits per heavy atom. The third-order valence-electron chi connectivity index (χ3n) is 2.45. The molecule has 0 aromatic heterocycles. The molecule has 3 nitrogen and oxygen atoms in total. The summed E-state index contributed by atoms with van der Waals surface area (Å²) in [5.41, 5.74) is 1.02. The Labute approximate surface area is 97.1 Å². The fourth-order valence-electron chi connectivity index (χ4n) is 1.39. The number of hydrogen-bond acceptors (Lipinski definition) is 3. The van der Waals surface area contributed by atoms with Crippen LogP contribution in [-0.2, 0) is 0 Å². The average molecular weight is 221 g/mol. The molecule has 1 rings (SSSR count). The zero-order valence-electron chi connectivity index (χ0n) is 10.3. The van der Waals surface area contributed by atoms with Crippen LogP contribution in [0.2, 0.25) is 0 Å². The van der Waals surface area contributed by atoms with Crippen LogP contribution in [0.4, 0.5) is 0 Å². The Morgan fingerprint density at radius 3 is 2.56 bits per heavy atom. The summed E-state index contributed by atoms with van der Waals surface area (Å²) >= 11 is 0. The molecule has 0 heterocycles. The first-order chi connectivity index (χ1) is 7.72. The van der Waals surface area contributed by atoms with Gasteiger partial charge in [0.2, 0.25) is 0 Å². The smallest absolute Gasteiger partial charge is 0.167 e. The van der Waals surface area contributed by atoms with Crippen LogP contribution in [0.1, 0.15) is 12.5 Å². The van der Waals surface area contributed by atoms with Crippen molar-refractivity contribution >= 4 is 6.08 Å². The van der Waals surface area contributed by atoms with Gasteiger partial charge in [0.15, 0.2) is 11.5 Å². The van der Waals surface area contributed by atoms with Crippen LogP contribution < -0.4 is 14.8 Å². The molecule has 0 bridgehead atoms. The predicted molar refractivity (Wildman–Crippen MR) is 67.1 cm³/mol. The fourth-order valence-corrected chi connectivity index (χ4v) is 1.39. The highest BCUT2D eigenvalue weighted by molar-refractivity contribution is 5.62. The van der Waals surface area contributed by atoms with Crippen molar-refractivity contribution in [2.45, 2.75) is 13.0 Å². The van der Waals surface area contributed by atoms with Gasteiger partial charge in [0.1, 0.15) is 0 Å². The van der Waals surface area contributed by atoms with E-state index in [4.69, 9.17) is 9.47 Å². The zero-order chi connectivity index (χ0) is 12.0. The normalized spacial score (nSPS) is 12.8. The zero-order valence-corrected chi connectivity index (χ0v) is 10.3. The van der Waals surface area contributed by atoms with Crippen molar-refractivity contribution < 1.29 is 9.47 Å². The van der Waals surface area contributed by atoms with Gasteiger partial charge >= 0.3 is 0 Å². The van der Waals surface area contributed by atoms with Gasteiger partial charge in [-0.15, -0.1) is 0 Å². The van der Waals surface area contributed by atoms with E-state index in [2.05, 4.69) is 18.3 Å². The Bertz CT molecular complexity index is 361. The van der Waals surface area contributed by atoms with E-state index in [9.17, 15) is 0 Å². The van der Waals surface area contributed by atoms with Crippen molar-refractivity contribution in [3.05, 3.63) is 29.8 Å². The maximum atomic E-state index is 5.34. The van der Waals surface area contributed by atoms with Gasteiger partial charge in [-0.3, -0.25) is 0 Å². The lowest BCUT2D eigenvalue weighted by Crippen LogP contribution is -2.17. The lowest BCUT2D eigenvalue weighted by Gasteiger charge is -2.10. The molecule has 1 atom stereocenters. The SMILES string of the molecule is CNC(C)/C=C/c1cccc(OC)c1OC. The molecule has 3 heteroatoms. The highest BCUT2D eigenvalue weighted by atomic mass is 16.5. The van der Waals surface area contributed by atoms with Gasteiger partial charge in [0.25, 0.3) is 0 Å². The van der Waals surface area contributed by atoms with Crippen molar-refractivity contribution in [2.24, 2.45) is 0 Å². The lowest BCUT2D eigenvalue weighted by atomic mass is 10.1. The molecule has 0 radical (unpaired) electrons. The first-order valence-electron chi connectivity index (χ1n) is 5.29. The number of ether oxygens (including phenoxy) is 2. The Morgan fingerprint density at radius 2 is 2.00 bits per heavy atom. The highest BCUT2D eigenvalue weighted by Gasteiger charge is 2.06. The summed E-state index contributed by atoms with van der Waals surface area (Å²) in [5, 5.41) is 3.14. The Kier molecular flexibility index (Phi) is 4.86. The highest BCUT2D eigenvalue weighted by Crippen LogP contribution is 2.31. The molecular weight excluding hydrogens is 202 g/mol. The van der Waals surface area contributed by atoms with E-state index in [-0.39, 0.29) is 0 Å². The van der Waals surface area contributed by atoms with Gasteiger partial charge in [0, 0.05) is 11.6 Å². The molecule has 0 fully saturated rings. The van der Waals surface area contributed by atoms with Gasteiger partial charge in [-0.05, 0) is 20.0 Å². The summed E-state index contributed by atoms with van der Waals surface area (Å²) in [6.45, 7) is 2.09. The summed E-state index contributed by atoms with van der Waals surface area (Å²) in [4.78, 5) is 0. The van der Waals surface area contributed by atoms with Gasteiger partial charge in [0.05, 0.1) is 14.2 Å². The van der Waals surface area contributed by atoms with Gasteiger partial charge in [-0.2, -0.15) is 0 Å². The maximum absolute atomic E-state index is 5.34. The van der Waals surface area contributed by atoms with E-state index < -0.39 is 0 Å². The molecule has 0 saturated carbocycles. The van der Waals surface area contributed by atoms with Gasteiger partial charge in [-0.25, -0.2) is 0 Å². The van der Waals surface area contributed by atoms with Crippen LogP contribution in [0.25, 0.3) is 6.08 Å². The summed E-state index contributed by atoms with van der Waals surface area (Å²) in [6, 6.07) is 6.17. The van der Waals surface area contributed by atoms with E-state index in [1.807, 2.05) is 31.3 Å². The van der Waals surface area contributed by atoms with Crippen LogP contribution in [0, 0.1) is 0 Å². The molecule has 0 amide bonds. The number of methoxy groups -OCH3 is 2. The number of para-hydroxylation sites is 1. The minimum absolute atomic E-state index is 0.330. The predicted octanol–water partition coefficient (Wildman–Crippen LogP) is 2.32. The first-order valence-corrected chi connectivity index (χ1v) is 5.29. The molecule has 1 unspecified atom stereocenters. The summed E-state index contributed by atoms with van der Waals surface area (Å²) in [6.07, 6.45) is 4.11. The van der Waals surface area contributed by atoms with Crippen molar-refractivity contribution in [3.8, 4) is 11.5 Å². The minimum Gasteiger partial charge on any atom is -0.493 e. The first kappa shape index (κ1) is 12.6. The van der Waals surface area contributed by atoms with Crippen molar-refractivity contribution in [2.75, 3.05) is 21.3 Å². The Balaban J connectivity index is 2.99. The molecule has 1 N–H and O–H groups in total. The third kappa shape index (κ3) is 3.00. The Hall–Kier alpha value is -1.48. The molecule has 1 aromatic rings. The number of hydrogen-bond donors (Lipinski definition) is 1. The van der Waals surface area contributed by atoms with Gasteiger partial charge in [-0.1, -0.05) is 24.3 Å². The van der Waals surface area contributed by atoms with Crippen LogP contribution in [0.3, 0.4) is 0 Å². The van der Waals surface area contributed by atoms with Crippen molar-refractivity contribution in [1.29, 1.82) is 0 Å². The molecule has 0 aliphatic carbocycles. The van der Waals surface area contributed by atoms with E-state index in [1.165, 1.54) is 0 Å². The lowest BCUT2D eigenvalue weighted by molar-refractivity contribution is 0.354. The molecule has 88 valence electrons.